The van der Waals surface area contributed by atoms with Gasteiger partial charge in [0.05, 0.1) is 44.0 Å². The van der Waals surface area contributed by atoms with Gasteiger partial charge in [-0.3, -0.25) is 4.79 Å². The summed E-state index contributed by atoms with van der Waals surface area (Å²) in [6.07, 6.45) is 1.54. The number of para-hydroxylation sites is 1. The Morgan fingerprint density at radius 1 is 0.943 bits per heavy atom. The number of aryl methyl sites for hydroxylation is 1. The van der Waals surface area contributed by atoms with Crippen molar-refractivity contribution in [3.05, 3.63) is 88.0 Å². The van der Waals surface area contributed by atoms with Crippen LogP contribution in [0.1, 0.15) is 21.7 Å². The molecule has 0 unspecified atom stereocenters. The Balaban J connectivity index is 1.52. The topological polar surface area (TPSA) is 101 Å². The molecule has 1 heterocycles. The van der Waals surface area contributed by atoms with E-state index in [2.05, 4.69) is 10.1 Å². The van der Waals surface area contributed by atoms with E-state index in [-0.39, 0.29) is 11.1 Å². The summed E-state index contributed by atoms with van der Waals surface area (Å²) < 4.78 is 22.6. The Morgan fingerprint density at radius 3 is 2.23 bits per heavy atom. The largest absolute Gasteiger partial charge is 0.493 e. The van der Waals surface area contributed by atoms with Crippen LogP contribution in [0.5, 0.6) is 23.0 Å². The number of nitrogens with zero attached hydrogens (tertiary/aromatic N) is 3. The highest BCUT2D eigenvalue weighted by molar-refractivity contribution is 5.93. The van der Waals surface area contributed by atoms with Crippen LogP contribution in [0.2, 0.25) is 0 Å². The Kier molecular flexibility index (Phi) is 6.77. The Labute approximate surface area is 201 Å². The second kappa shape index (κ2) is 10.1. The molecule has 0 spiro atoms. The van der Waals surface area contributed by atoms with Crippen LogP contribution in [0.4, 0.5) is 0 Å². The van der Waals surface area contributed by atoms with E-state index in [4.69, 9.17) is 18.9 Å². The summed E-state index contributed by atoms with van der Waals surface area (Å²) in [5.74, 6) is 1.29. The first-order chi connectivity index (χ1) is 16.9. The number of rotatable bonds is 7. The molecule has 178 valence electrons. The van der Waals surface area contributed by atoms with Crippen LogP contribution in [0.15, 0.2) is 70.6 Å². The third-order valence-corrected chi connectivity index (χ3v) is 5.23. The lowest BCUT2D eigenvalue weighted by molar-refractivity contribution is 0.0734. The first-order valence-electron chi connectivity index (χ1n) is 10.6. The molecule has 3 aromatic carbocycles. The summed E-state index contributed by atoms with van der Waals surface area (Å²) in [7, 11) is 4.42. The number of aromatic nitrogens is 2. The van der Waals surface area contributed by atoms with Gasteiger partial charge in [0.2, 0.25) is 5.75 Å². The molecule has 0 aliphatic heterocycles. The maximum atomic E-state index is 12.7. The van der Waals surface area contributed by atoms with Gasteiger partial charge in [0.15, 0.2) is 11.5 Å². The third-order valence-electron chi connectivity index (χ3n) is 5.23. The van der Waals surface area contributed by atoms with E-state index in [9.17, 15) is 9.59 Å². The molecule has 0 aliphatic carbocycles. The van der Waals surface area contributed by atoms with Crippen LogP contribution < -0.4 is 24.5 Å². The van der Waals surface area contributed by atoms with E-state index in [1.807, 2.05) is 6.07 Å². The molecule has 0 amide bonds. The first kappa shape index (κ1) is 23.5. The van der Waals surface area contributed by atoms with Gasteiger partial charge in [-0.15, -0.1) is 0 Å². The van der Waals surface area contributed by atoms with E-state index < -0.39 is 5.97 Å². The van der Waals surface area contributed by atoms with Gasteiger partial charge in [0.1, 0.15) is 11.6 Å². The van der Waals surface area contributed by atoms with Crippen molar-refractivity contribution in [1.29, 1.82) is 0 Å². The molecule has 4 rings (SSSR count). The number of fused-ring (bicyclic) bond motifs is 1. The maximum Gasteiger partial charge on any atom is 0.343 e. The summed E-state index contributed by atoms with van der Waals surface area (Å²) >= 11 is 0. The van der Waals surface area contributed by atoms with Gasteiger partial charge in [-0.25, -0.2) is 9.78 Å². The van der Waals surface area contributed by atoms with Crippen LogP contribution in [-0.2, 0) is 0 Å². The average Bonchev–Trinajstić information content (AvgIpc) is 2.88. The zero-order valence-electron chi connectivity index (χ0n) is 19.6. The second-order valence-corrected chi connectivity index (χ2v) is 7.41. The van der Waals surface area contributed by atoms with Crippen molar-refractivity contribution >= 4 is 23.1 Å². The lowest BCUT2D eigenvalue weighted by Crippen LogP contribution is -2.20. The molecule has 0 fully saturated rings. The monoisotopic (exact) mass is 473 g/mol. The normalized spacial score (nSPS) is 11.0. The molecule has 0 bridgehead atoms. The van der Waals surface area contributed by atoms with Crippen molar-refractivity contribution in [1.82, 2.24) is 9.66 Å². The van der Waals surface area contributed by atoms with E-state index >= 15 is 0 Å². The number of esters is 1. The van der Waals surface area contributed by atoms with Gasteiger partial charge < -0.3 is 18.9 Å². The second-order valence-electron chi connectivity index (χ2n) is 7.41. The van der Waals surface area contributed by atoms with Crippen molar-refractivity contribution < 1.29 is 23.7 Å². The number of hydrogen-bond donors (Lipinski definition) is 0. The van der Waals surface area contributed by atoms with E-state index in [1.165, 1.54) is 44.4 Å². The fourth-order valence-electron chi connectivity index (χ4n) is 3.48. The molecule has 0 saturated heterocycles. The lowest BCUT2D eigenvalue weighted by Gasteiger charge is -2.13. The van der Waals surface area contributed by atoms with E-state index in [0.717, 1.165) is 0 Å². The van der Waals surface area contributed by atoms with E-state index in [1.54, 1.807) is 49.4 Å². The van der Waals surface area contributed by atoms with Crippen molar-refractivity contribution in [2.24, 2.45) is 5.10 Å². The summed E-state index contributed by atoms with van der Waals surface area (Å²) in [6.45, 7) is 1.72. The molecule has 0 aliphatic rings. The Bertz CT molecular complexity index is 1450. The molecule has 9 nitrogen and oxygen atoms in total. The van der Waals surface area contributed by atoms with Gasteiger partial charge in [-0.05, 0) is 61.0 Å². The fourth-order valence-corrected chi connectivity index (χ4v) is 3.48. The van der Waals surface area contributed by atoms with Gasteiger partial charge in [0, 0.05) is 0 Å². The molecular weight excluding hydrogens is 450 g/mol. The highest BCUT2D eigenvalue weighted by Gasteiger charge is 2.18. The van der Waals surface area contributed by atoms with Crippen molar-refractivity contribution in [2.45, 2.75) is 6.92 Å². The third kappa shape index (κ3) is 4.84. The molecule has 1 aromatic heterocycles. The van der Waals surface area contributed by atoms with Crippen molar-refractivity contribution in [3.63, 3.8) is 0 Å². The standard InChI is InChI=1S/C26H23N3O6/c1-16-28-21-8-6-5-7-20(21)25(30)29(16)27-15-17-9-11-19(12-10-17)35-26(31)18-13-22(32-2)24(34-4)23(14-18)33-3/h5-15H,1-4H3/b27-15+. The fraction of sp³-hybridized carbons (Fsp3) is 0.154. The number of carbonyl (C=O) groups is 1. The Morgan fingerprint density at radius 2 is 1.60 bits per heavy atom. The number of hydrogen-bond acceptors (Lipinski definition) is 8. The smallest absolute Gasteiger partial charge is 0.343 e. The molecule has 9 heteroatoms. The number of ether oxygens (including phenoxy) is 4. The van der Waals surface area contributed by atoms with Crippen LogP contribution in [0.25, 0.3) is 10.9 Å². The quantitative estimate of drug-likeness (QED) is 0.228. The minimum absolute atomic E-state index is 0.240. The molecule has 0 N–H and O–H groups in total. The summed E-state index contributed by atoms with van der Waals surface area (Å²) in [6, 6.07) is 16.8. The molecule has 0 saturated carbocycles. The van der Waals surface area contributed by atoms with Crippen LogP contribution in [0, 0.1) is 6.92 Å². The van der Waals surface area contributed by atoms with Gasteiger partial charge in [-0.2, -0.15) is 9.78 Å². The minimum atomic E-state index is -0.588. The predicted octanol–water partition coefficient (Wildman–Crippen LogP) is 3.83. The van der Waals surface area contributed by atoms with Crippen LogP contribution in [0.3, 0.4) is 0 Å². The lowest BCUT2D eigenvalue weighted by atomic mass is 10.2. The van der Waals surface area contributed by atoms with Crippen molar-refractivity contribution in [2.75, 3.05) is 21.3 Å². The molecule has 4 aromatic rings. The number of methoxy groups -OCH3 is 3. The highest BCUT2D eigenvalue weighted by atomic mass is 16.5. The highest BCUT2D eigenvalue weighted by Crippen LogP contribution is 2.38. The summed E-state index contributed by atoms with van der Waals surface area (Å²) in [5, 5.41) is 4.78. The first-order valence-corrected chi connectivity index (χ1v) is 10.6. The number of benzene rings is 3. The van der Waals surface area contributed by atoms with Crippen LogP contribution >= 0.6 is 0 Å². The summed E-state index contributed by atoms with van der Waals surface area (Å²) in [4.78, 5) is 29.8. The molecule has 35 heavy (non-hydrogen) atoms. The molecular formula is C26H23N3O6. The van der Waals surface area contributed by atoms with E-state index in [0.29, 0.717) is 45.3 Å². The van der Waals surface area contributed by atoms with Gasteiger partial charge in [-0.1, -0.05) is 12.1 Å². The van der Waals surface area contributed by atoms with Gasteiger partial charge >= 0.3 is 5.97 Å². The molecule has 0 atom stereocenters. The minimum Gasteiger partial charge on any atom is -0.493 e. The zero-order chi connectivity index (χ0) is 24.9. The Hall–Kier alpha value is -4.66. The van der Waals surface area contributed by atoms with Crippen LogP contribution in [-0.4, -0.2) is 43.2 Å². The average molecular weight is 473 g/mol. The molecule has 0 radical (unpaired) electrons. The van der Waals surface area contributed by atoms with Crippen molar-refractivity contribution in [3.8, 4) is 23.0 Å². The zero-order valence-corrected chi connectivity index (χ0v) is 19.6. The van der Waals surface area contributed by atoms with Gasteiger partial charge in [0.25, 0.3) is 5.56 Å². The SMILES string of the molecule is COc1cc(C(=O)Oc2ccc(/C=N/n3c(C)nc4ccccc4c3=O)cc2)cc(OC)c1OC. The maximum absolute atomic E-state index is 12.7. The summed E-state index contributed by atoms with van der Waals surface area (Å²) in [5.41, 5.74) is 1.32. The predicted molar refractivity (Wildman–Crippen MR) is 131 cm³/mol. The number of carbonyl (C=O) groups excluding carboxylic acids is 1.